The molecule has 2 atom stereocenters. The van der Waals surface area contributed by atoms with Crippen molar-refractivity contribution in [1.29, 1.82) is 0 Å². The summed E-state index contributed by atoms with van der Waals surface area (Å²) in [5.41, 5.74) is 2.60. The van der Waals surface area contributed by atoms with Crippen LogP contribution < -0.4 is 20.1 Å². The Balaban J connectivity index is 0.00000342. The number of hydrogen-bond donors (Lipinski definition) is 3. The maximum Gasteiger partial charge on any atom is 0.258 e. The van der Waals surface area contributed by atoms with Gasteiger partial charge in [-0.05, 0) is 73.9 Å². The van der Waals surface area contributed by atoms with E-state index in [4.69, 9.17) is 9.47 Å². The second-order valence-corrected chi connectivity index (χ2v) is 9.60. The molecule has 1 amide bonds. The minimum atomic E-state index is -0.569. The Kier molecular flexibility index (Phi) is 11.2. The lowest BCUT2D eigenvalue weighted by atomic mass is 9.95. The predicted molar refractivity (Wildman–Crippen MR) is 141 cm³/mol. The van der Waals surface area contributed by atoms with E-state index in [1.165, 1.54) is 30.4 Å². The highest BCUT2D eigenvalue weighted by molar-refractivity contribution is 5.85. The highest BCUT2D eigenvalue weighted by Gasteiger charge is 2.19. The lowest BCUT2D eigenvalue weighted by Crippen LogP contribution is -2.39. The molecule has 6 nitrogen and oxygen atoms in total. The van der Waals surface area contributed by atoms with Gasteiger partial charge in [-0.1, -0.05) is 43.5 Å². The Hall–Kier alpha value is -2.28. The van der Waals surface area contributed by atoms with Crippen LogP contribution in [0.4, 0.5) is 0 Å². The van der Waals surface area contributed by atoms with Gasteiger partial charge in [0.05, 0.1) is 0 Å². The first-order valence-electron chi connectivity index (χ1n) is 12.8. The molecule has 35 heavy (non-hydrogen) atoms. The van der Waals surface area contributed by atoms with Gasteiger partial charge >= 0.3 is 0 Å². The van der Waals surface area contributed by atoms with Gasteiger partial charge < -0.3 is 25.2 Å². The Morgan fingerprint density at radius 2 is 1.69 bits per heavy atom. The topological polar surface area (TPSA) is 79.8 Å². The van der Waals surface area contributed by atoms with Crippen molar-refractivity contribution in [3.05, 3.63) is 59.7 Å². The molecule has 0 aromatic heterocycles. The van der Waals surface area contributed by atoms with Crippen molar-refractivity contribution in [1.82, 2.24) is 10.6 Å². The molecule has 2 aromatic rings. The molecular weight excluding hydrogens is 464 g/mol. The summed E-state index contributed by atoms with van der Waals surface area (Å²) in [6, 6.07) is 16.3. The van der Waals surface area contributed by atoms with E-state index in [1.807, 2.05) is 36.4 Å². The number of fused-ring (bicyclic) bond motifs is 1. The van der Waals surface area contributed by atoms with Crippen LogP contribution in [0.25, 0.3) is 0 Å². The first-order chi connectivity index (χ1) is 16.7. The molecule has 2 aromatic carbocycles. The van der Waals surface area contributed by atoms with Crippen LogP contribution in [0.5, 0.6) is 11.5 Å². The number of carbonyl (C=O) groups is 1. The van der Waals surface area contributed by atoms with Gasteiger partial charge in [-0.25, -0.2) is 0 Å². The van der Waals surface area contributed by atoms with E-state index in [0.29, 0.717) is 12.6 Å². The zero-order valence-electron chi connectivity index (χ0n) is 20.4. The molecule has 0 spiro atoms. The van der Waals surface area contributed by atoms with E-state index >= 15 is 0 Å². The molecule has 3 N–H and O–H groups in total. The van der Waals surface area contributed by atoms with Crippen LogP contribution in [0.3, 0.4) is 0 Å². The van der Waals surface area contributed by atoms with Crippen LogP contribution in [0.2, 0.25) is 0 Å². The fourth-order valence-corrected chi connectivity index (χ4v) is 4.94. The number of para-hydroxylation sites is 1. The average Bonchev–Trinajstić information content (AvgIpc) is 3.07. The second kappa shape index (κ2) is 14.3. The first-order valence-corrected chi connectivity index (χ1v) is 12.8. The molecule has 2 aliphatic rings. The number of amides is 1. The predicted octanol–water partition coefficient (Wildman–Crippen LogP) is 4.21. The maximum absolute atomic E-state index is 12.3. The zero-order valence-corrected chi connectivity index (χ0v) is 21.2. The third-order valence-corrected chi connectivity index (χ3v) is 6.81. The summed E-state index contributed by atoms with van der Waals surface area (Å²) in [5, 5.41) is 17.0. The number of halogens is 1. The molecule has 0 radical (unpaired) electrons. The minimum Gasteiger partial charge on any atom is -0.491 e. The number of aryl methyl sites for hydroxylation is 1. The summed E-state index contributed by atoms with van der Waals surface area (Å²) in [6.07, 6.45) is 9.33. The Morgan fingerprint density at radius 1 is 0.914 bits per heavy atom. The Bertz CT molecular complexity index is 905. The number of hydrogen-bond acceptors (Lipinski definition) is 5. The molecule has 0 aliphatic heterocycles. The Labute approximate surface area is 215 Å². The van der Waals surface area contributed by atoms with Gasteiger partial charge in [-0.2, -0.15) is 0 Å². The summed E-state index contributed by atoms with van der Waals surface area (Å²) < 4.78 is 11.5. The van der Waals surface area contributed by atoms with Crippen molar-refractivity contribution < 1.29 is 19.4 Å². The van der Waals surface area contributed by atoms with Crippen LogP contribution in [0, 0.1) is 0 Å². The van der Waals surface area contributed by atoms with Gasteiger partial charge in [0, 0.05) is 18.6 Å². The number of carbonyl (C=O) groups excluding carboxylic acids is 1. The van der Waals surface area contributed by atoms with E-state index < -0.39 is 6.10 Å². The van der Waals surface area contributed by atoms with Gasteiger partial charge in [0.25, 0.3) is 5.91 Å². The van der Waals surface area contributed by atoms with Crippen molar-refractivity contribution in [3.8, 4) is 11.5 Å². The smallest absolute Gasteiger partial charge is 0.258 e. The molecule has 192 valence electrons. The number of benzene rings is 2. The summed E-state index contributed by atoms with van der Waals surface area (Å²) in [7, 11) is 0. The molecule has 2 aliphatic carbocycles. The number of nitrogens with one attached hydrogen (secondary N) is 2. The van der Waals surface area contributed by atoms with Crippen LogP contribution >= 0.6 is 12.4 Å². The molecule has 7 heteroatoms. The van der Waals surface area contributed by atoms with E-state index in [-0.39, 0.29) is 37.6 Å². The minimum absolute atomic E-state index is 0. The molecule has 0 heterocycles. The molecule has 1 saturated carbocycles. The fraction of sp³-hybridized carbons (Fsp3) is 0.536. The Morgan fingerprint density at radius 3 is 2.49 bits per heavy atom. The molecule has 0 saturated heterocycles. The number of aliphatic hydroxyl groups is 1. The third-order valence-electron chi connectivity index (χ3n) is 6.81. The van der Waals surface area contributed by atoms with E-state index in [0.717, 1.165) is 50.0 Å². The lowest BCUT2D eigenvalue weighted by molar-refractivity contribution is -0.124. The van der Waals surface area contributed by atoms with Crippen molar-refractivity contribution in [2.45, 2.75) is 76.0 Å². The van der Waals surface area contributed by atoms with E-state index in [1.54, 1.807) is 0 Å². The molecule has 4 rings (SSSR count). The quantitative estimate of drug-likeness (QED) is 0.424. The summed E-state index contributed by atoms with van der Waals surface area (Å²) in [4.78, 5) is 12.3. The monoisotopic (exact) mass is 502 g/mol. The molecule has 0 bridgehead atoms. The van der Waals surface area contributed by atoms with Crippen molar-refractivity contribution >= 4 is 18.3 Å². The van der Waals surface area contributed by atoms with E-state index in [9.17, 15) is 9.90 Å². The molecule has 1 fully saturated rings. The molecule has 1 unspecified atom stereocenters. The van der Waals surface area contributed by atoms with E-state index in [2.05, 4.69) is 22.8 Å². The third kappa shape index (κ3) is 9.02. The largest absolute Gasteiger partial charge is 0.491 e. The van der Waals surface area contributed by atoms with Crippen molar-refractivity contribution in [2.75, 3.05) is 19.8 Å². The first kappa shape index (κ1) is 27.3. The molecular formula is C28H39ClN2O4. The van der Waals surface area contributed by atoms with Gasteiger partial charge in [0.15, 0.2) is 6.61 Å². The van der Waals surface area contributed by atoms with Crippen LogP contribution in [0.1, 0.15) is 56.1 Å². The summed E-state index contributed by atoms with van der Waals surface area (Å²) in [6.45, 7) is 0.816. The maximum atomic E-state index is 12.3. The van der Waals surface area contributed by atoms with Crippen molar-refractivity contribution in [3.63, 3.8) is 0 Å². The fourth-order valence-electron chi connectivity index (χ4n) is 4.94. The van der Waals surface area contributed by atoms with Crippen LogP contribution in [-0.4, -0.2) is 49.0 Å². The second-order valence-electron chi connectivity index (χ2n) is 9.60. The standard InChI is InChI=1S/C28H38N2O4.ClH/c31-25(19-33-26-12-5-2-6-13-26)18-29-24-11-7-8-21-14-15-27(17-22(21)16-24)34-20-28(32)30-23-9-3-1-4-10-23;/h2,5-6,12-15,17,23-25,29,31H,1,3-4,7-11,16,18-20H2,(H,30,32);1H/t24?,25-;/m0./s1. The van der Waals surface area contributed by atoms with Gasteiger partial charge in [0.2, 0.25) is 0 Å². The summed E-state index contributed by atoms with van der Waals surface area (Å²) >= 11 is 0. The number of ether oxygens (including phenoxy) is 2. The number of rotatable bonds is 10. The van der Waals surface area contributed by atoms with Gasteiger partial charge in [0.1, 0.15) is 24.2 Å². The highest BCUT2D eigenvalue weighted by Crippen LogP contribution is 2.25. The van der Waals surface area contributed by atoms with Gasteiger partial charge in [-0.3, -0.25) is 4.79 Å². The zero-order chi connectivity index (χ0) is 23.6. The average molecular weight is 503 g/mol. The number of aliphatic hydroxyl groups excluding tert-OH is 1. The van der Waals surface area contributed by atoms with Crippen molar-refractivity contribution in [2.24, 2.45) is 0 Å². The summed E-state index contributed by atoms with van der Waals surface area (Å²) in [5.74, 6) is 1.48. The van der Waals surface area contributed by atoms with Crippen LogP contribution in [-0.2, 0) is 17.6 Å². The highest BCUT2D eigenvalue weighted by atomic mass is 35.5. The van der Waals surface area contributed by atoms with Gasteiger partial charge in [-0.15, -0.1) is 12.4 Å². The lowest BCUT2D eigenvalue weighted by Gasteiger charge is -2.22. The van der Waals surface area contributed by atoms with Crippen LogP contribution in [0.15, 0.2) is 48.5 Å². The SMILES string of the molecule is Cl.O=C(COc1ccc2c(c1)CC(NC[C@H](O)COc1ccccc1)CCC2)NC1CCCCC1. The normalized spacial score (nSPS) is 18.9.